The minimum absolute atomic E-state index is 0.0228. The molecule has 2 aromatic carbocycles. The third-order valence-corrected chi connectivity index (χ3v) is 4.89. The quantitative estimate of drug-likeness (QED) is 0.725. The molecule has 0 aliphatic carbocycles. The fourth-order valence-corrected chi connectivity index (χ4v) is 3.12. The molecule has 5 nitrogen and oxygen atoms in total. The van der Waals surface area contributed by atoms with Gasteiger partial charge in [0.05, 0.1) is 22.8 Å². The van der Waals surface area contributed by atoms with Crippen LogP contribution in [0.15, 0.2) is 65.7 Å². The number of ether oxygens (including phenoxy) is 1. The van der Waals surface area contributed by atoms with E-state index in [-0.39, 0.29) is 17.4 Å². The number of hydrogen-bond acceptors (Lipinski definition) is 4. The summed E-state index contributed by atoms with van der Waals surface area (Å²) in [5, 5.41) is 3.96. The van der Waals surface area contributed by atoms with Crippen LogP contribution in [0.4, 0.5) is 5.69 Å². The summed E-state index contributed by atoms with van der Waals surface area (Å²) in [4.78, 5) is 22.0. The van der Waals surface area contributed by atoms with Crippen LogP contribution in [0.5, 0.6) is 0 Å². The van der Waals surface area contributed by atoms with E-state index in [2.05, 4.69) is 31.1 Å². The van der Waals surface area contributed by atoms with Crippen molar-refractivity contribution >= 4 is 28.4 Å². The molecule has 0 bridgehead atoms. The molecule has 142 valence electrons. The third-order valence-electron chi connectivity index (χ3n) is 4.89. The van der Waals surface area contributed by atoms with Crippen molar-refractivity contribution in [2.24, 2.45) is 10.4 Å². The number of carbonyl (C=O) groups is 1. The SMILES string of the molecule is CC(C)(C)C1COC(c2ccccc2NC(=O)c2ccc3ccccc3n2)=N1. The van der Waals surface area contributed by atoms with Gasteiger partial charge in [-0.15, -0.1) is 0 Å². The standard InChI is InChI=1S/C23H23N3O2/c1-23(2,3)20-14-28-22(26-20)16-9-5-7-11-18(16)25-21(27)19-13-12-15-8-4-6-10-17(15)24-19/h4-13,20H,14H2,1-3H3,(H,25,27). The summed E-state index contributed by atoms with van der Waals surface area (Å²) in [7, 11) is 0. The lowest BCUT2D eigenvalue weighted by atomic mass is 9.88. The monoisotopic (exact) mass is 373 g/mol. The third kappa shape index (κ3) is 3.60. The average molecular weight is 373 g/mol. The highest BCUT2D eigenvalue weighted by Crippen LogP contribution is 2.29. The lowest BCUT2D eigenvalue weighted by Crippen LogP contribution is -2.25. The maximum absolute atomic E-state index is 12.8. The number of nitrogens with zero attached hydrogens (tertiary/aromatic N) is 2. The number of aliphatic imine (C=N–C) groups is 1. The second kappa shape index (κ2) is 7.08. The zero-order valence-corrected chi connectivity index (χ0v) is 16.3. The second-order valence-electron chi connectivity index (χ2n) is 8.02. The number of pyridine rings is 1. The normalized spacial score (nSPS) is 16.5. The molecule has 1 aliphatic rings. The largest absolute Gasteiger partial charge is 0.475 e. The first-order chi connectivity index (χ1) is 13.4. The van der Waals surface area contributed by atoms with Crippen LogP contribution in [-0.4, -0.2) is 29.4 Å². The van der Waals surface area contributed by atoms with E-state index in [1.54, 1.807) is 6.07 Å². The lowest BCUT2D eigenvalue weighted by Gasteiger charge is -2.21. The molecule has 1 unspecified atom stereocenters. The molecule has 2 heterocycles. The Morgan fingerprint density at radius 3 is 2.57 bits per heavy atom. The molecule has 0 saturated carbocycles. The number of para-hydroxylation sites is 2. The fourth-order valence-electron chi connectivity index (χ4n) is 3.12. The molecule has 0 fully saturated rings. The number of rotatable bonds is 3. The van der Waals surface area contributed by atoms with E-state index >= 15 is 0 Å². The summed E-state index contributed by atoms with van der Waals surface area (Å²) in [6.45, 7) is 6.99. The van der Waals surface area contributed by atoms with Crippen molar-refractivity contribution in [2.45, 2.75) is 26.8 Å². The van der Waals surface area contributed by atoms with Crippen molar-refractivity contribution in [3.8, 4) is 0 Å². The Morgan fingerprint density at radius 2 is 1.79 bits per heavy atom. The lowest BCUT2D eigenvalue weighted by molar-refractivity contribution is 0.102. The van der Waals surface area contributed by atoms with Crippen molar-refractivity contribution in [2.75, 3.05) is 11.9 Å². The van der Waals surface area contributed by atoms with E-state index in [1.807, 2.05) is 54.6 Å². The molecular formula is C23H23N3O2. The van der Waals surface area contributed by atoms with E-state index in [9.17, 15) is 4.79 Å². The van der Waals surface area contributed by atoms with Crippen molar-refractivity contribution in [3.63, 3.8) is 0 Å². The highest BCUT2D eigenvalue weighted by Gasteiger charge is 2.31. The van der Waals surface area contributed by atoms with Crippen LogP contribution in [0.25, 0.3) is 10.9 Å². The van der Waals surface area contributed by atoms with Crippen LogP contribution in [0.3, 0.4) is 0 Å². The Hall–Kier alpha value is -3.21. The zero-order valence-electron chi connectivity index (χ0n) is 16.3. The molecule has 28 heavy (non-hydrogen) atoms. The summed E-state index contributed by atoms with van der Waals surface area (Å²) in [5.74, 6) is 0.312. The maximum Gasteiger partial charge on any atom is 0.274 e. The van der Waals surface area contributed by atoms with Crippen molar-refractivity contribution in [1.82, 2.24) is 4.98 Å². The molecule has 1 aliphatic heterocycles. The van der Waals surface area contributed by atoms with Crippen LogP contribution in [0.2, 0.25) is 0 Å². The molecule has 1 aromatic heterocycles. The van der Waals surface area contributed by atoms with Gasteiger partial charge in [-0.05, 0) is 29.7 Å². The number of nitrogens with one attached hydrogen (secondary N) is 1. The van der Waals surface area contributed by atoms with E-state index in [0.717, 1.165) is 16.5 Å². The van der Waals surface area contributed by atoms with Crippen molar-refractivity contribution in [1.29, 1.82) is 0 Å². The van der Waals surface area contributed by atoms with Crippen molar-refractivity contribution < 1.29 is 9.53 Å². The summed E-state index contributed by atoms with van der Waals surface area (Å²) >= 11 is 0. The van der Waals surface area contributed by atoms with Gasteiger partial charge in [-0.25, -0.2) is 9.98 Å². The molecule has 0 radical (unpaired) electrons. The highest BCUT2D eigenvalue weighted by atomic mass is 16.5. The molecule has 3 aromatic rings. The summed E-state index contributed by atoms with van der Waals surface area (Å²) in [6, 6.07) is 19.0. The molecule has 4 rings (SSSR count). The Bertz CT molecular complexity index is 1070. The number of amides is 1. The predicted molar refractivity (Wildman–Crippen MR) is 112 cm³/mol. The van der Waals surface area contributed by atoms with Crippen LogP contribution >= 0.6 is 0 Å². The summed E-state index contributed by atoms with van der Waals surface area (Å²) in [5.41, 5.74) is 2.63. The van der Waals surface area contributed by atoms with E-state index in [1.165, 1.54) is 0 Å². The number of benzene rings is 2. The smallest absolute Gasteiger partial charge is 0.274 e. The van der Waals surface area contributed by atoms with Crippen LogP contribution < -0.4 is 5.32 Å². The van der Waals surface area contributed by atoms with Gasteiger partial charge in [0.1, 0.15) is 12.3 Å². The number of anilines is 1. The first-order valence-corrected chi connectivity index (χ1v) is 9.39. The average Bonchev–Trinajstić information content (AvgIpc) is 3.18. The molecular weight excluding hydrogens is 350 g/mol. The van der Waals surface area contributed by atoms with Crippen LogP contribution in [0, 0.1) is 5.41 Å². The summed E-state index contributed by atoms with van der Waals surface area (Å²) in [6.07, 6.45) is 0. The maximum atomic E-state index is 12.8. The molecule has 1 atom stereocenters. The predicted octanol–water partition coefficient (Wildman–Crippen LogP) is 4.68. The first kappa shape index (κ1) is 18.2. The highest BCUT2D eigenvalue weighted by molar-refractivity contribution is 6.09. The topological polar surface area (TPSA) is 63.6 Å². The minimum atomic E-state index is -0.260. The van der Waals surface area contributed by atoms with Crippen molar-refractivity contribution in [3.05, 3.63) is 71.9 Å². The van der Waals surface area contributed by atoms with Gasteiger partial charge in [0.2, 0.25) is 5.90 Å². The second-order valence-corrected chi connectivity index (χ2v) is 8.02. The van der Waals surface area contributed by atoms with Crippen LogP contribution in [0.1, 0.15) is 36.8 Å². The fraction of sp³-hybridized carbons (Fsp3) is 0.261. The van der Waals surface area contributed by atoms with E-state index in [4.69, 9.17) is 9.73 Å². The van der Waals surface area contributed by atoms with Gasteiger partial charge >= 0.3 is 0 Å². The molecule has 1 N–H and O–H groups in total. The van der Waals surface area contributed by atoms with Gasteiger partial charge in [0.25, 0.3) is 5.91 Å². The van der Waals surface area contributed by atoms with Gasteiger partial charge in [-0.2, -0.15) is 0 Å². The number of hydrogen-bond donors (Lipinski definition) is 1. The Balaban J connectivity index is 1.61. The zero-order chi connectivity index (χ0) is 19.7. The summed E-state index contributed by atoms with van der Waals surface area (Å²) < 4.78 is 5.85. The van der Waals surface area contributed by atoms with E-state index in [0.29, 0.717) is 23.9 Å². The van der Waals surface area contributed by atoms with Gasteiger partial charge < -0.3 is 10.1 Å². The Morgan fingerprint density at radius 1 is 1.04 bits per heavy atom. The number of carbonyl (C=O) groups excluding carboxylic acids is 1. The Labute approximate surface area is 164 Å². The van der Waals surface area contributed by atoms with Gasteiger partial charge in [0, 0.05) is 5.39 Å². The number of fused-ring (bicyclic) bond motifs is 1. The molecule has 0 spiro atoms. The first-order valence-electron chi connectivity index (χ1n) is 9.39. The van der Waals surface area contributed by atoms with Gasteiger partial charge in [-0.3, -0.25) is 4.79 Å². The number of aromatic nitrogens is 1. The minimum Gasteiger partial charge on any atom is -0.475 e. The van der Waals surface area contributed by atoms with E-state index < -0.39 is 0 Å². The van der Waals surface area contributed by atoms with Gasteiger partial charge in [-0.1, -0.05) is 57.2 Å². The van der Waals surface area contributed by atoms with Gasteiger partial charge in [0.15, 0.2) is 0 Å². The Kier molecular flexibility index (Phi) is 4.59. The molecule has 5 heteroatoms. The molecule has 0 saturated heterocycles. The van der Waals surface area contributed by atoms with Crippen LogP contribution in [-0.2, 0) is 4.74 Å². The molecule has 1 amide bonds.